The van der Waals surface area contributed by atoms with E-state index in [1.807, 2.05) is 41.4 Å². The van der Waals surface area contributed by atoms with E-state index in [1.54, 1.807) is 13.2 Å². The Labute approximate surface area is 234 Å². The van der Waals surface area contributed by atoms with Crippen LogP contribution in [0.25, 0.3) is 10.9 Å². The predicted octanol–water partition coefficient (Wildman–Crippen LogP) is 5.96. The van der Waals surface area contributed by atoms with E-state index in [1.165, 1.54) is 6.42 Å². The molecular weight excluding hydrogens is 549 g/mol. The summed E-state index contributed by atoms with van der Waals surface area (Å²) in [6, 6.07) is 13.3. The lowest BCUT2D eigenvalue weighted by Gasteiger charge is -2.27. The van der Waals surface area contributed by atoms with Gasteiger partial charge < -0.3 is 20.1 Å². The Morgan fingerprint density at radius 3 is 2.48 bits per heavy atom. The molecule has 1 aromatic heterocycles. The molecule has 0 aliphatic carbocycles. The molecule has 2 heterocycles. The maximum atomic E-state index is 12.7. The first-order valence-corrected chi connectivity index (χ1v) is 12.9. The second-order valence-corrected chi connectivity index (χ2v) is 9.48. The highest BCUT2D eigenvalue weighted by Crippen LogP contribution is 2.30. The number of nitrogens with one attached hydrogen (secondary N) is 1. The second kappa shape index (κ2) is 13.8. The Kier molecular flexibility index (Phi) is 10.6. The fourth-order valence-corrected chi connectivity index (χ4v) is 4.54. The van der Waals surface area contributed by atoms with Crippen LogP contribution >= 0.6 is 11.6 Å². The van der Waals surface area contributed by atoms with Crippen molar-refractivity contribution in [1.82, 2.24) is 9.88 Å². The van der Waals surface area contributed by atoms with Crippen molar-refractivity contribution >= 4 is 40.1 Å². The quantitative estimate of drug-likeness (QED) is 0.356. The molecule has 0 atom stereocenters. The highest BCUT2D eigenvalue weighted by Gasteiger charge is 2.38. The molecule has 2 aromatic carbocycles. The number of alkyl halides is 3. The van der Waals surface area contributed by atoms with Crippen LogP contribution in [0.2, 0.25) is 5.02 Å². The molecule has 2 N–H and O–H groups in total. The number of likely N-dealkylation sites (tertiary alicyclic amines) is 1. The third-order valence-electron chi connectivity index (χ3n) is 6.32. The van der Waals surface area contributed by atoms with Gasteiger partial charge >= 0.3 is 12.1 Å². The highest BCUT2D eigenvalue weighted by atomic mass is 35.5. The first kappa shape index (κ1) is 30.5. The first-order valence-electron chi connectivity index (χ1n) is 12.5. The summed E-state index contributed by atoms with van der Waals surface area (Å²) in [6.45, 7) is 2.24. The number of amides is 1. The zero-order valence-corrected chi connectivity index (χ0v) is 22.5. The van der Waals surface area contributed by atoms with Crippen molar-refractivity contribution in [3.8, 4) is 11.8 Å². The Morgan fingerprint density at radius 1 is 1.18 bits per heavy atom. The summed E-state index contributed by atoms with van der Waals surface area (Å²) in [7, 11) is 1.59. The number of halogens is 4. The largest absolute Gasteiger partial charge is 0.495 e. The summed E-state index contributed by atoms with van der Waals surface area (Å²) in [4.78, 5) is 28.2. The SMILES string of the molecule is COc1ccc(CNc2c(CCC(=O)N3CCCCC3)cnc3ccc(C#N)cc23)cc1Cl.O=C(O)C(F)(F)F. The number of fused-ring (bicyclic) bond motifs is 1. The molecule has 40 heavy (non-hydrogen) atoms. The number of hydrogen-bond acceptors (Lipinski definition) is 6. The zero-order chi connectivity index (χ0) is 29.3. The van der Waals surface area contributed by atoms with E-state index in [4.69, 9.17) is 26.2 Å². The number of ether oxygens (including phenoxy) is 1. The van der Waals surface area contributed by atoms with Crippen molar-refractivity contribution in [3.63, 3.8) is 0 Å². The van der Waals surface area contributed by atoms with Gasteiger partial charge in [-0.05, 0) is 67.1 Å². The molecule has 3 aromatic rings. The number of piperidine rings is 1. The standard InChI is InChI=1S/C26H27ClN4O2.C2HF3O2/c1-33-24-9-6-19(14-22(24)27)16-30-26-20(7-10-25(32)31-11-3-2-4-12-31)17-29-23-8-5-18(15-28)13-21(23)26;3-2(4,5)1(6)7/h5-6,8-9,13-14,17H,2-4,7,10-12,16H2,1H3,(H,29,30);(H,6,7). The minimum absolute atomic E-state index is 0.188. The average molecular weight is 577 g/mol. The molecule has 4 rings (SSSR count). The molecular formula is C28H28ClF3N4O4. The van der Waals surface area contributed by atoms with Crippen molar-refractivity contribution in [1.29, 1.82) is 5.26 Å². The summed E-state index contributed by atoms with van der Waals surface area (Å²) in [5, 5.41) is 21.5. The topological polar surface area (TPSA) is 116 Å². The maximum Gasteiger partial charge on any atom is 0.490 e. The van der Waals surface area contributed by atoms with Crippen molar-refractivity contribution in [3.05, 3.63) is 64.3 Å². The van der Waals surface area contributed by atoms with Crippen LogP contribution in [-0.2, 0) is 22.6 Å². The molecule has 1 amide bonds. The average Bonchev–Trinajstić information content (AvgIpc) is 2.94. The van der Waals surface area contributed by atoms with Gasteiger partial charge in [0.15, 0.2) is 0 Å². The van der Waals surface area contributed by atoms with Gasteiger partial charge in [-0.1, -0.05) is 17.7 Å². The molecule has 1 fully saturated rings. The van der Waals surface area contributed by atoms with E-state index < -0.39 is 12.1 Å². The number of nitriles is 1. The number of pyridine rings is 1. The number of carboxylic acids is 1. The second-order valence-electron chi connectivity index (χ2n) is 9.07. The van der Waals surface area contributed by atoms with Crippen LogP contribution in [0.5, 0.6) is 5.75 Å². The number of carboxylic acid groups (broad SMARTS) is 1. The number of benzene rings is 2. The number of carbonyl (C=O) groups is 2. The van der Waals surface area contributed by atoms with Gasteiger partial charge in [0.05, 0.1) is 29.3 Å². The lowest BCUT2D eigenvalue weighted by molar-refractivity contribution is -0.192. The minimum Gasteiger partial charge on any atom is -0.495 e. The number of rotatable bonds is 7. The zero-order valence-electron chi connectivity index (χ0n) is 21.7. The molecule has 0 unspecified atom stereocenters. The molecule has 1 aliphatic heterocycles. The molecule has 8 nitrogen and oxygen atoms in total. The molecule has 12 heteroatoms. The first-order chi connectivity index (χ1) is 19.0. The number of hydrogen-bond donors (Lipinski definition) is 2. The minimum atomic E-state index is -5.08. The van der Waals surface area contributed by atoms with Crippen LogP contribution in [0.4, 0.5) is 18.9 Å². The van der Waals surface area contributed by atoms with Crippen LogP contribution < -0.4 is 10.1 Å². The third kappa shape index (κ3) is 8.23. The molecule has 0 bridgehead atoms. The summed E-state index contributed by atoms with van der Waals surface area (Å²) < 4.78 is 37.0. The van der Waals surface area contributed by atoms with Gasteiger partial charge in [0.25, 0.3) is 0 Å². The number of aliphatic carboxylic acids is 1. The van der Waals surface area contributed by atoms with Gasteiger partial charge in [0.2, 0.25) is 5.91 Å². The molecule has 212 valence electrons. The van der Waals surface area contributed by atoms with Crippen LogP contribution in [0, 0.1) is 11.3 Å². The summed E-state index contributed by atoms with van der Waals surface area (Å²) in [5.74, 6) is -1.94. The van der Waals surface area contributed by atoms with E-state index >= 15 is 0 Å². The molecule has 0 spiro atoms. The lowest BCUT2D eigenvalue weighted by atomic mass is 10.0. The van der Waals surface area contributed by atoms with Gasteiger partial charge in [-0.25, -0.2) is 4.79 Å². The Bertz CT molecular complexity index is 1400. The molecule has 0 radical (unpaired) electrons. The third-order valence-corrected chi connectivity index (χ3v) is 6.62. The van der Waals surface area contributed by atoms with Crippen LogP contribution in [-0.4, -0.2) is 53.2 Å². The number of aromatic nitrogens is 1. The smallest absolute Gasteiger partial charge is 0.490 e. The van der Waals surface area contributed by atoms with Crippen molar-refractivity contribution in [2.75, 3.05) is 25.5 Å². The number of anilines is 1. The van der Waals surface area contributed by atoms with Gasteiger partial charge in [-0.15, -0.1) is 0 Å². The number of aryl methyl sites for hydroxylation is 1. The monoisotopic (exact) mass is 576 g/mol. The normalized spacial score (nSPS) is 13.2. The Hall–Kier alpha value is -4.04. The van der Waals surface area contributed by atoms with Crippen molar-refractivity contribution in [2.45, 2.75) is 44.8 Å². The number of methoxy groups -OCH3 is 1. The number of carbonyl (C=O) groups excluding carboxylic acids is 1. The number of nitrogens with zero attached hydrogens (tertiary/aromatic N) is 3. The van der Waals surface area contributed by atoms with E-state index in [2.05, 4.69) is 16.4 Å². The Morgan fingerprint density at radius 2 is 1.88 bits per heavy atom. The summed E-state index contributed by atoms with van der Waals surface area (Å²) >= 11 is 6.29. The summed E-state index contributed by atoms with van der Waals surface area (Å²) in [5.41, 5.74) is 4.23. The van der Waals surface area contributed by atoms with Crippen LogP contribution in [0.1, 0.15) is 42.4 Å². The maximum absolute atomic E-state index is 12.7. The van der Waals surface area contributed by atoms with Crippen molar-refractivity contribution < 1.29 is 32.6 Å². The van der Waals surface area contributed by atoms with Gasteiger partial charge in [0.1, 0.15) is 5.75 Å². The Balaban J connectivity index is 0.000000559. The summed E-state index contributed by atoms with van der Waals surface area (Å²) in [6.07, 6.45) is 1.13. The fraction of sp³-hybridized carbons (Fsp3) is 0.357. The predicted molar refractivity (Wildman–Crippen MR) is 144 cm³/mol. The van der Waals surface area contributed by atoms with Crippen molar-refractivity contribution in [2.24, 2.45) is 0 Å². The molecule has 1 saturated heterocycles. The molecule has 0 saturated carbocycles. The van der Waals surface area contributed by atoms with Gasteiger partial charge in [-0.2, -0.15) is 18.4 Å². The molecule has 1 aliphatic rings. The van der Waals surface area contributed by atoms with Gasteiger partial charge in [-0.3, -0.25) is 9.78 Å². The fourth-order valence-electron chi connectivity index (χ4n) is 4.26. The van der Waals surface area contributed by atoms with Crippen LogP contribution in [0.3, 0.4) is 0 Å². The van der Waals surface area contributed by atoms with E-state index in [0.717, 1.165) is 53.6 Å². The van der Waals surface area contributed by atoms with Gasteiger partial charge in [0, 0.05) is 43.3 Å². The van der Waals surface area contributed by atoms with Crippen LogP contribution in [0.15, 0.2) is 42.6 Å². The van der Waals surface area contributed by atoms with E-state index in [0.29, 0.717) is 35.7 Å². The van der Waals surface area contributed by atoms with E-state index in [-0.39, 0.29) is 5.91 Å². The lowest BCUT2D eigenvalue weighted by Crippen LogP contribution is -2.35. The van der Waals surface area contributed by atoms with E-state index in [9.17, 15) is 23.2 Å². The highest BCUT2D eigenvalue weighted by molar-refractivity contribution is 6.32.